The number of aliphatic hydroxyl groups is 2. The molecule has 4 saturated heterocycles. The van der Waals surface area contributed by atoms with Crippen LogP contribution in [-0.4, -0.2) is 174 Å². The van der Waals surface area contributed by atoms with Crippen molar-refractivity contribution in [3.63, 3.8) is 0 Å². The molecule has 0 aliphatic carbocycles. The number of aromatic carboxylic acids is 1. The molecule has 27 nitrogen and oxygen atoms in total. The lowest BCUT2D eigenvalue weighted by Crippen LogP contribution is -2.31. The van der Waals surface area contributed by atoms with Crippen LogP contribution in [0.4, 0.5) is 0 Å². The number of fused-ring (bicyclic) bond motifs is 4. The first-order valence-corrected chi connectivity index (χ1v) is 37.5. The highest BCUT2D eigenvalue weighted by Gasteiger charge is 2.38. The van der Waals surface area contributed by atoms with E-state index >= 15 is 0 Å². The first kappa shape index (κ1) is 74.0. The molecule has 4 fully saturated rings. The van der Waals surface area contributed by atoms with Crippen LogP contribution < -0.4 is 24.8 Å². The van der Waals surface area contributed by atoms with Crippen molar-refractivity contribution < 1.29 is 43.9 Å². The van der Waals surface area contributed by atoms with Gasteiger partial charge in [-0.2, -0.15) is 35.7 Å². The van der Waals surface area contributed by atoms with E-state index in [9.17, 15) is 24.6 Å². The van der Waals surface area contributed by atoms with Crippen LogP contribution in [-0.2, 0) is 0 Å². The fraction of sp³-hybridized carbons (Fsp3) is 0.266. The third-order valence-electron chi connectivity index (χ3n) is 20.1. The summed E-state index contributed by atoms with van der Waals surface area (Å²) in [6, 6.07) is 41.2. The Hall–Kier alpha value is -10.8. The predicted molar refractivity (Wildman–Crippen MR) is 426 cm³/mol. The molecule has 14 aromatic rings. The number of nitrogens with zero attached hydrogens (tertiary/aromatic N) is 9. The summed E-state index contributed by atoms with van der Waals surface area (Å²) in [5, 5.41) is 89.9. The van der Waals surface area contributed by atoms with Crippen LogP contribution in [0.2, 0.25) is 0 Å². The van der Waals surface area contributed by atoms with Crippen molar-refractivity contribution in [1.82, 2.24) is 91.8 Å². The Morgan fingerprint density at radius 2 is 0.843 bits per heavy atom. The fourth-order valence-electron chi connectivity index (χ4n) is 14.5. The molecule has 7 aromatic heterocycles. The lowest BCUT2D eigenvalue weighted by atomic mass is 10.0. The van der Waals surface area contributed by atoms with Gasteiger partial charge in [0.2, 0.25) is 0 Å². The molecule has 4 aliphatic rings. The van der Waals surface area contributed by atoms with E-state index in [1.807, 2.05) is 54.7 Å². The number of carboxylic acids is 1. The Morgan fingerprint density at radius 1 is 0.454 bits per heavy atom. The molecular formula is C79H80I2N18O9. The maximum atomic E-state index is 13.4. The summed E-state index contributed by atoms with van der Waals surface area (Å²) in [6.07, 6.45) is 16.3. The van der Waals surface area contributed by atoms with E-state index in [0.29, 0.717) is 53.3 Å². The normalized spacial score (nSPS) is 19.5. The monoisotopic (exact) mass is 1680 g/mol. The quantitative estimate of drug-likeness (QED) is 0.0477. The number of benzene rings is 7. The summed E-state index contributed by atoms with van der Waals surface area (Å²) in [5.41, 5.74) is 15.0. The number of H-pyrrole nitrogens is 7. The number of aliphatic hydroxyl groups excluding tert-OH is 2. The van der Waals surface area contributed by atoms with Gasteiger partial charge in [0.15, 0.2) is 0 Å². The highest BCUT2D eigenvalue weighted by atomic mass is 127. The molecule has 7 aromatic carbocycles. The van der Waals surface area contributed by atoms with Gasteiger partial charge >= 0.3 is 5.97 Å². The van der Waals surface area contributed by atoms with Crippen LogP contribution in [0.25, 0.3) is 77.0 Å². The van der Waals surface area contributed by atoms with E-state index in [4.69, 9.17) is 19.3 Å². The fourth-order valence-corrected chi connectivity index (χ4v) is 15.7. The number of halogens is 2. The first-order valence-electron chi connectivity index (χ1n) is 35.3. The molecule has 8 atom stereocenters. The second-order valence-electron chi connectivity index (χ2n) is 27.4. The minimum absolute atomic E-state index is 0.140. The largest absolute Gasteiger partial charge is 0.496 e. The number of amides is 2. The smallest absolute Gasteiger partial charge is 0.335 e. The first-order chi connectivity index (χ1) is 52.5. The van der Waals surface area contributed by atoms with E-state index in [-0.39, 0.29) is 42.6 Å². The van der Waals surface area contributed by atoms with E-state index < -0.39 is 18.2 Å². The van der Waals surface area contributed by atoms with E-state index in [1.165, 1.54) is 54.0 Å². The lowest BCUT2D eigenvalue weighted by Gasteiger charge is -2.25. The van der Waals surface area contributed by atoms with Crippen LogP contribution >= 0.6 is 45.2 Å². The highest BCUT2D eigenvalue weighted by molar-refractivity contribution is 14.1. The molecule has 4 aliphatic heterocycles. The Kier molecular flexibility index (Phi) is 22.7. The predicted octanol–water partition coefficient (Wildman–Crippen LogP) is 13.3. The van der Waals surface area contributed by atoms with Gasteiger partial charge in [-0.15, -0.1) is 0 Å². The number of carboxylic acid groups (broad SMARTS) is 1. The zero-order chi connectivity index (χ0) is 75.1. The molecule has 0 spiro atoms. The standard InChI is InChI=1S/C22H20IN5O3.C22H21N5O3.C12H14IN3.C12H15N3.C11H10N2O3/c1-31-20-7-13(3-4-16(20)14-9-24-25-10-14)22(30)28-11-15(29)8-19(28)12-2-5-17-18(6-12)26-27-21(17)23;1-30-21-7-14(4-5-18(21)16-10-23-24-11-16)22(29)27-12-17(28)8-20(27)13-2-3-15-9-25-26-19(15)6-13;1-7-4-10(14-6-7)8-2-3-9-11(5-8)15-16-12(9)13;1-8-4-11(13-6-8)9-2-3-10-7-14-15-12(10)5-9;1-16-10-4-7(11(14)15)2-3-9(10)8-5-12-13-6-8/h2-7,9-10,15,19,29H,8,11H2,1H3,(H,24,25)(H,26,27);2-7,9-11,17,20,28H,8,12H2,1H3,(H,23,24)(H,25,26);2-3,5,7,10,14H,4,6H2,1H3,(H,15,16);2-3,5,7-8,11,13H,4,6H2,1H3,(H,14,15);2-6H,1H3,(H,12,13)(H,14,15)/t15?,19-;17?,20-;7?,10-;8?,11-;/m1111./s1. The van der Waals surface area contributed by atoms with Gasteiger partial charge in [-0.1, -0.05) is 50.2 Å². The summed E-state index contributed by atoms with van der Waals surface area (Å²) >= 11 is 4.49. The molecule has 554 valence electrons. The summed E-state index contributed by atoms with van der Waals surface area (Å²) in [7, 11) is 4.66. The van der Waals surface area contributed by atoms with E-state index in [2.05, 4.69) is 177 Å². The maximum Gasteiger partial charge on any atom is 0.335 e. The molecule has 2 amide bonds. The summed E-state index contributed by atoms with van der Waals surface area (Å²) in [4.78, 5) is 41.1. The minimum Gasteiger partial charge on any atom is -0.496 e. The zero-order valence-electron chi connectivity index (χ0n) is 59.6. The van der Waals surface area contributed by atoms with Crippen molar-refractivity contribution in [1.29, 1.82) is 0 Å². The Balaban J connectivity index is 0.000000117. The number of hydrogen-bond donors (Lipinski definition) is 12. The van der Waals surface area contributed by atoms with Gasteiger partial charge in [0, 0.05) is 110 Å². The number of methoxy groups -OCH3 is 3. The number of ether oxygens (including phenoxy) is 3. The number of β-amino-alcohol motifs (C(OH)–C–C–N with tert-alkyl or cyclic N) is 2. The summed E-state index contributed by atoms with van der Waals surface area (Å²) in [6.45, 7) is 7.42. The van der Waals surface area contributed by atoms with Crippen molar-refractivity contribution in [2.75, 3.05) is 47.5 Å². The van der Waals surface area contributed by atoms with Crippen LogP contribution in [0.1, 0.15) is 117 Å². The summed E-state index contributed by atoms with van der Waals surface area (Å²) < 4.78 is 18.3. The number of nitrogens with one attached hydrogen (secondary N) is 9. The van der Waals surface area contributed by atoms with Crippen molar-refractivity contribution >= 4 is 107 Å². The number of aromatic amines is 7. The Labute approximate surface area is 647 Å². The van der Waals surface area contributed by atoms with Gasteiger partial charge in [-0.3, -0.25) is 45.3 Å². The van der Waals surface area contributed by atoms with Crippen LogP contribution in [0.3, 0.4) is 0 Å². The van der Waals surface area contributed by atoms with Gasteiger partial charge in [-0.05, 0) is 209 Å². The average molecular weight is 1680 g/mol. The summed E-state index contributed by atoms with van der Waals surface area (Å²) in [5.74, 6) is 2.01. The highest BCUT2D eigenvalue weighted by Crippen LogP contribution is 2.40. The number of aromatic nitrogens is 14. The van der Waals surface area contributed by atoms with Crippen molar-refractivity contribution in [3.8, 4) is 50.6 Å². The van der Waals surface area contributed by atoms with Crippen LogP contribution in [0.15, 0.2) is 177 Å². The maximum absolute atomic E-state index is 13.4. The molecule has 12 N–H and O–H groups in total. The number of hydrogen-bond acceptors (Lipinski definition) is 17. The zero-order valence-corrected chi connectivity index (χ0v) is 63.9. The Morgan fingerprint density at radius 3 is 1.26 bits per heavy atom. The van der Waals surface area contributed by atoms with Gasteiger partial charge in [0.05, 0.1) is 104 Å². The molecule has 0 radical (unpaired) electrons. The molecule has 4 unspecified atom stereocenters. The molecule has 11 heterocycles. The topological polar surface area (TPSA) is 371 Å². The van der Waals surface area contributed by atoms with Gasteiger partial charge in [0.1, 0.15) is 24.6 Å². The van der Waals surface area contributed by atoms with Crippen molar-refractivity contribution in [3.05, 3.63) is 223 Å². The van der Waals surface area contributed by atoms with Gasteiger partial charge < -0.3 is 50.0 Å². The second kappa shape index (κ2) is 33.1. The lowest BCUT2D eigenvalue weighted by molar-refractivity contribution is 0.0692. The second-order valence-corrected chi connectivity index (χ2v) is 29.6. The number of rotatable bonds is 13. The van der Waals surface area contributed by atoms with E-state index in [0.717, 1.165) is 110 Å². The van der Waals surface area contributed by atoms with Gasteiger partial charge in [0.25, 0.3) is 11.8 Å². The Bertz CT molecular complexity index is 5450. The van der Waals surface area contributed by atoms with E-state index in [1.54, 1.807) is 97.7 Å². The number of likely N-dealkylation sites (tertiary alicyclic amines) is 2. The van der Waals surface area contributed by atoms with Crippen molar-refractivity contribution in [2.45, 2.75) is 75.9 Å². The van der Waals surface area contributed by atoms with Crippen LogP contribution in [0, 0.1) is 19.2 Å². The molecular weight excluding hydrogens is 1600 g/mol. The average Bonchev–Trinajstić information content (AvgIpc) is 1.59. The third-order valence-corrected chi connectivity index (χ3v) is 21.8. The van der Waals surface area contributed by atoms with Gasteiger partial charge in [-0.25, -0.2) is 4.79 Å². The molecule has 29 heteroatoms. The SMILES string of the molecule is CC1CN[C@@H](c2ccc3c(I)[nH]nc3c2)C1.CC1CN[C@@H](c2ccc3cn[nH]c3c2)C1.COc1cc(C(=O)N2CC(O)C[C@@H]2c2ccc3c(I)[nH]nc3c2)ccc1-c1cn[nH]c1.COc1cc(C(=O)N2CC(O)C[C@@H]2c2ccc3cn[nH]c3c2)ccc1-c1cn[nH]c1.COc1cc(C(=O)O)ccc1-c1cn[nH]c1. The molecule has 0 saturated carbocycles. The molecule has 0 bridgehead atoms. The van der Waals surface area contributed by atoms with Crippen LogP contribution in [0.5, 0.6) is 17.2 Å². The van der Waals surface area contributed by atoms with Crippen molar-refractivity contribution in [2.24, 2.45) is 11.8 Å². The molecule has 108 heavy (non-hydrogen) atoms. The number of carbonyl (C=O) groups excluding carboxylic acids is 2. The third kappa shape index (κ3) is 16.4. The number of carbonyl (C=O) groups is 3. The molecule has 18 rings (SSSR count). The minimum atomic E-state index is -0.975.